The van der Waals surface area contributed by atoms with Crippen LogP contribution in [0.25, 0.3) is 0 Å². The maximum Gasteiger partial charge on any atom is 0.0145 e. The molecule has 2 unspecified atom stereocenters. The van der Waals surface area contributed by atoms with E-state index in [2.05, 4.69) is 17.7 Å². The summed E-state index contributed by atoms with van der Waals surface area (Å²) >= 11 is 0. The molecule has 3 rings (SSSR count). The number of rotatable bonds is 1. The van der Waals surface area contributed by atoms with Crippen LogP contribution in [0, 0.1) is 11.8 Å². The maximum absolute atomic E-state index is 3.41. The van der Waals surface area contributed by atoms with Gasteiger partial charge in [0.05, 0.1) is 0 Å². The third-order valence-electron chi connectivity index (χ3n) is 2.77. The van der Waals surface area contributed by atoms with Gasteiger partial charge in [0.2, 0.25) is 0 Å². The second kappa shape index (κ2) is 1.96. The first kappa shape index (κ1) is 5.69. The van der Waals surface area contributed by atoms with Crippen LogP contribution in [0.15, 0.2) is 0 Å². The van der Waals surface area contributed by atoms with Crippen molar-refractivity contribution in [2.24, 2.45) is 11.8 Å². The molecule has 3 fully saturated rings. The number of hydrogen-bond acceptors (Lipinski definition) is 2. The van der Waals surface area contributed by atoms with Gasteiger partial charge >= 0.3 is 0 Å². The summed E-state index contributed by atoms with van der Waals surface area (Å²) in [6.07, 6.45) is 1.46. The molecular formula is C7H14N2. The molecule has 0 radical (unpaired) electrons. The summed E-state index contributed by atoms with van der Waals surface area (Å²) in [4.78, 5) is 0. The third kappa shape index (κ3) is 0.700. The molecule has 0 spiro atoms. The number of nitrogens with one attached hydrogen (secondary N) is 2. The molecule has 2 nitrogen and oxygen atoms in total. The van der Waals surface area contributed by atoms with Crippen LogP contribution in [0.5, 0.6) is 0 Å². The molecule has 0 aromatic rings. The van der Waals surface area contributed by atoms with E-state index in [-0.39, 0.29) is 0 Å². The molecule has 2 heteroatoms. The predicted molar refractivity (Wildman–Crippen MR) is 37.3 cm³/mol. The Morgan fingerprint density at radius 1 is 1.33 bits per heavy atom. The van der Waals surface area contributed by atoms with E-state index in [0.29, 0.717) is 0 Å². The van der Waals surface area contributed by atoms with Crippen LogP contribution in [-0.2, 0) is 0 Å². The lowest BCUT2D eigenvalue weighted by Gasteiger charge is -2.49. The van der Waals surface area contributed by atoms with Gasteiger partial charge in [0.1, 0.15) is 0 Å². The smallest absolute Gasteiger partial charge is 0.0145 e. The number of hydrogen-bond donors (Lipinski definition) is 2. The van der Waals surface area contributed by atoms with Crippen molar-refractivity contribution in [2.75, 3.05) is 20.1 Å². The molecule has 0 aromatic carbocycles. The normalized spacial score (nSPS) is 48.3. The SMILES string of the molecule is CNC1C2CNCC1C2. The largest absolute Gasteiger partial charge is 0.316 e. The molecular weight excluding hydrogens is 112 g/mol. The van der Waals surface area contributed by atoms with Gasteiger partial charge in [-0.2, -0.15) is 0 Å². The van der Waals surface area contributed by atoms with E-state index in [4.69, 9.17) is 0 Å². The maximum atomic E-state index is 3.41. The van der Waals surface area contributed by atoms with Crippen LogP contribution >= 0.6 is 0 Å². The van der Waals surface area contributed by atoms with Crippen molar-refractivity contribution in [2.45, 2.75) is 12.5 Å². The lowest BCUT2D eigenvalue weighted by atomic mass is 9.67. The number of piperidine rings is 2. The quantitative estimate of drug-likeness (QED) is 0.509. The Morgan fingerprint density at radius 3 is 2.33 bits per heavy atom. The minimum Gasteiger partial charge on any atom is -0.316 e. The fourth-order valence-electron chi connectivity index (χ4n) is 2.22. The van der Waals surface area contributed by atoms with Crippen molar-refractivity contribution in [1.82, 2.24) is 10.6 Å². The minimum atomic E-state index is 0.839. The van der Waals surface area contributed by atoms with Crippen molar-refractivity contribution in [3.05, 3.63) is 0 Å². The molecule has 0 aromatic heterocycles. The summed E-state index contributed by atoms with van der Waals surface area (Å²) in [5, 5.41) is 6.77. The van der Waals surface area contributed by atoms with Gasteiger partial charge in [-0.05, 0) is 38.4 Å². The van der Waals surface area contributed by atoms with Crippen LogP contribution in [0.4, 0.5) is 0 Å². The first-order valence-electron chi connectivity index (χ1n) is 3.80. The Bertz CT molecular complexity index is 99.5. The van der Waals surface area contributed by atoms with E-state index >= 15 is 0 Å². The van der Waals surface area contributed by atoms with Crippen LogP contribution in [0.3, 0.4) is 0 Å². The average Bonchev–Trinajstić information content (AvgIpc) is 1.90. The monoisotopic (exact) mass is 126 g/mol. The van der Waals surface area contributed by atoms with Gasteiger partial charge in [-0.3, -0.25) is 0 Å². The van der Waals surface area contributed by atoms with Crippen LogP contribution in [0.2, 0.25) is 0 Å². The number of fused-ring (bicyclic) bond motifs is 2. The van der Waals surface area contributed by atoms with Crippen molar-refractivity contribution in [3.63, 3.8) is 0 Å². The lowest BCUT2D eigenvalue weighted by molar-refractivity contribution is 0.0729. The molecule has 2 bridgehead atoms. The van der Waals surface area contributed by atoms with E-state index in [1.165, 1.54) is 19.5 Å². The van der Waals surface area contributed by atoms with Crippen molar-refractivity contribution < 1.29 is 0 Å². The second-order valence-corrected chi connectivity index (χ2v) is 3.23. The van der Waals surface area contributed by atoms with E-state index in [1.807, 2.05) is 0 Å². The second-order valence-electron chi connectivity index (χ2n) is 3.23. The van der Waals surface area contributed by atoms with E-state index in [1.54, 1.807) is 0 Å². The molecule has 2 N–H and O–H groups in total. The van der Waals surface area contributed by atoms with Gasteiger partial charge in [0.15, 0.2) is 0 Å². The van der Waals surface area contributed by atoms with Gasteiger partial charge in [-0.15, -0.1) is 0 Å². The molecule has 9 heavy (non-hydrogen) atoms. The third-order valence-corrected chi connectivity index (χ3v) is 2.77. The van der Waals surface area contributed by atoms with Gasteiger partial charge in [-0.25, -0.2) is 0 Å². The van der Waals surface area contributed by atoms with Crippen LogP contribution < -0.4 is 10.6 Å². The molecule has 0 amide bonds. The van der Waals surface area contributed by atoms with E-state index < -0.39 is 0 Å². The Hall–Kier alpha value is -0.0800. The molecule has 1 saturated carbocycles. The van der Waals surface area contributed by atoms with Crippen LogP contribution in [0.1, 0.15) is 6.42 Å². The standard InChI is InChI=1S/C7H14N2/c1-8-7-5-2-6(7)4-9-3-5/h5-9H,2-4H2,1H3. The lowest BCUT2D eigenvalue weighted by Crippen LogP contribution is -2.61. The summed E-state index contributed by atoms with van der Waals surface area (Å²) in [5.74, 6) is 1.88. The molecule has 2 atom stereocenters. The van der Waals surface area contributed by atoms with Gasteiger partial charge in [0.25, 0.3) is 0 Å². The molecule has 2 aliphatic heterocycles. The molecule has 2 heterocycles. The summed E-state index contributed by atoms with van der Waals surface area (Å²) in [7, 11) is 2.08. The van der Waals surface area contributed by atoms with Gasteiger partial charge in [-0.1, -0.05) is 0 Å². The van der Waals surface area contributed by atoms with Gasteiger partial charge < -0.3 is 10.6 Å². The molecule has 2 saturated heterocycles. The highest BCUT2D eigenvalue weighted by Gasteiger charge is 2.42. The highest BCUT2D eigenvalue weighted by molar-refractivity contribution is 4.99. The Balaban J connectivity index is 1.97. The fraction of sp³-hybridized carbons (Fsp3) is 1.00. The topological polar surface area (TPSA) is 24.1 Å². The van der Waals surface area contributed by atoms with E-state index in [9.17, 15) is 0 Å². The summed E-state index contributed by atoms with van der Waals surface area (Å²) in [6.45, 7) is 2.48. The Kier molecular flexibility index (Phi) is 1.24. The summed E-state index contributed by atoms with van der Waals surface area (Å²) < 4.78 is 0. The molecule has 3 aliphatic rings. The zero-order valence-electron chi connectivity index (χ0n) is 5.85. The Morgan fingerprint density at radius 2 is 2.00 bits per heavy atom. The Labute approximate surface area is 56.0 Å². The first-order valence-corrected chi connectivity index (χ1v) is 3.80. The highest BCUT2D eigenvalue weighted by Crippen LogP contribution is 2.35. The van der Waals surface area contributed by atoms with Crippen molar-refractivity contribution in [3.8, 4) is 0 Å². The van der Waals surface area contributed by atoms with Crippen molar-refractivity contribution in [1.29, 1.82) is 0 Å². The highest BCUT2D eigenvalue weighted by atomic mass is 15.0. The van der Waals surface area contributed by atoms with Crippen LogP contribution in [-0.4, -0.2) is 26.2 Å². The summed E-state index contributed by atoms with van der Waals surface area (Å²) in [6, 6.07) is 0.839. The average molecular weight is 126 g/mol. The first-order chi connectivity index (χ1) is 4.42. The van der Waals surface area contributed by atoms with E-state index in [0.717, 1.165) is 17.9 Å². The molecule has 52 valence electrons. The van der Waals surface area contributed by atoms with Gasteiger partial charge in [0, 0.05) is 6.04 Å². The van der Waals surface area contributed by atoms with Crippen molar-refractivity contribution >= 4 is 0 Å². The zero-order chi connectivity index (χ0) is 6.27. The minimum absolute atomic E-state index is 0.839. The summed E-state index contributed by atoms with van der Waals surface area (Å²) in [5.41, 5.74) is 0. The zero-order valence-corrected chi connectivity index (χ0v) is 5.85. The predicted octanol–water partition coefficient (Wildman–Crippen LogP) is -0.186. The molecule has 1 aliphatic carbocycles. The fourth-order valence-corrected chi connectivity index (χ4v) is 2.22.